The lowest BCUT2D eigenvalue weighted by Gasteiger charge is -2.31. The first-order chi connectivity index (χ1) is 10.1. The zero-order chi connectivity index (χ0) is 15.2. The molecule has 1 aliphatic rings. The van der Waals surface area contributed by atoms with Crippen LogP contribution in [0.5, 0.6) is 0 Å². The van der Waals surface area contributed by atoms with Gasteiger partial charge in [0.05, 0.1) is 0 Å². The van der Waals surface area contributed by atoms with Crippen LogP contribution in [0.3, 0.4) is 0 Å². The highest BCUT2D eigenvalue weighted by Crippen LogP contribution is 2.27. The van der Waals surface area contributed by atoms with E-state index in [9.17, 15) is 13.6 Å². The van der Waals surface area contributed by atoms with Crippen LogP contribution in [0, 0.1) is 5.92 Å². The molecule has 21 heavy (non-hydrogen) atoms. The third-order valence-electron chi connectivity index (χ3n) is 3.47. The third-order valence-corrected chi connectivity index (χ3v) is 4.17. The molecule has 0 spiro atoms. The number of carbonyl (C=O) groups is 1. The van der Waals surface area contributed by atoms with E-state index >= 15 is 0 Å². The highest BCUT2D eigenvalue weighted by Gasteiger charge is 2.22. The van der Waals surface area contributed by atoms with Gasteiger partial charge < -0.3 is 15.3 Å². The van der Waals surface area contributed by atoms with Crippen molar-refractivity contribution in [3.05, 3.63) is 24.3 Å². The summed E-state index contributed by atoms with van der Waals surface area (Å²) in [4.78, 5) is 14.2. The Morgan fingerprint density at radius 2 is 2.14 bits per heavy atom. The molecule has 0 radical (unpaired) electrons. The van der Waals surface area contributed by atoms with Crippen LogP contribution in [-0.2, 0) is 0 Å². The van der Waals surface area contributed by atoms with Crippen LogP contribution in [0.25, 0.3) is 0 Å². The molecule has 0 unspecified atom stereocenters. The number of aliphatic hydroxyl groups excluding tert-OH is 1. The summed E-state index contributed by atoms with van der Waals surface area (Å²) in [5.41, 5.74) is 0.509. The summed E-state index contributed by atoms with van der Waals surface area (Å²) in [5, 5.41) is 11.8. The number of amides is 2. The van der Waals surface area contributed by atoms with Gasteiger partial charge in [-0.25, -0.2) is 4.79 Å². The molecule has 1 saturated heterocycles. The number of hydrogen-bond donors (Lipinski definition) is 2. The van der Waals surface area contributed by atoms with Gasteiger partial charge >= 0.3 is 6.03 Å². The van der Waals surface area contributed by atoms with Crippen LogP contribution in [0.4, 0.5) is 19.3 Å². The van der Waals surface area contributed by atoms with Gasteiger partial charge in [-0.3, -0.25) is 0 Å². The third kappa shape index (κ3) is 4.86. The van der Waals surface area contributed by atoms with Crippen molar-refractivity contribution in [2.75, 3.05) is 25.0 Å². The van der Waals surface area contributed by atoms with E-state index in [0.717, 1.165) is 12.8 Å². The van der Waals surface area contributed by atoms with Gasteiger partial charge in [0, 0.05) is 30.3 Å². The number of benzene rings is 1. The van der Waals surface area contributed by atoms with Gasteiger partial charge in [0.15, 0.2) is 0 Å². The van der Waals surface area contributed by atoms with Gasteiger partial charge in [-0.05, 0) is 37.0 Å². The van der Waals surface area contributed by atoms with Crippen molar-refractivity contribution in [2.24, 2.45) is 5.92 Å². The molecule has 116 valence electrons. The van der Waals surface area contributed by atoms with Crippen LogP contribution in [0.15, 0.2) is 29.2 Å². The van der Waals surface area contributed by atoms with E-state index in [4.69, 9.17) is 5.11 Å². The summed E-state index contributed by atoms with van der Waals surface area (Å²) >= 11 is 0.453. The van der Waals surface area contributed by atoms with E-state index in [1.54, 1.807) is 23.1 Å². The first-order valence-corrected chi connectivity index (χ1v) is 7.68. The van der Waals surface area contributed by atoms with Crippen LogP contribution in [-0.4, -0.2) is 41.5 Å². The lowest BCUT2D eigenvalue weighted by Crippen LogP contribution is -2.41. The lowest BCUT2D eigenvalue weighted by atomic mass is 9.98. The maximum absolute atomic E-state index is 12.3. The molecular weight excluding hydrogens is 298 g/mol. The minimum absolute atomic E-state index is 0.155. The van der Waals surface area contributed by atoms with Gasteiger partial charge in [0.2, 0.25) is 0 Å². The molecule has 1 heterocycles. The highest BCUT2D eigenvalue weighted by atomic mass is 32.2. The predicted octanol–water partition coefficient (Wildman–Crippen LogP) is 3.24. The first-order valence-electron chi connectivity index (χ1n) is 6.80. The summed E-state index contributed by atoms with van der Waals surface area (Å²) in [6, 6.07) is 6.20. The SMILES string of the molecule is O=C(Nc1cccc(SC(F)F)c1)N1CCC(CO)CC1. The summed E-state index contributed by atoms with van der Waals surface area (Å²) in [7, 11) is 0. The Morgan fingerprint density at radius 1 is 1.43 bits per heavy atom. The van der Waals surface area contributed by atoms with Crippen molar-refractivity contribution in [1.82, 2.24) is 4.90 Å². The number of halogens is 2. The smallest absolute Gasteiger partial charge is 0.321 e. The van der Waals surface area contributed by atoms with Crippen molar-refractivity contribution in [2.45, 2.75) is 23.5 Å². The maximum atomic E-state index is 12.3. The average molecular weight is 316 g/mol. The number of alkyl halides is 2. The molecule has 0 saturated carbocycles. The first kappa shape index (κ1) is 16.0. The Morgan fingerprint density at radius 3 is 2.76 bits per heavy atom. The van der Waals surface area contributed by atoms with Gasteiger partial charge in [-0.1, -0.05) is 17.8 Å². The summed E-state index contributed by atoms with van der Waals surface area (Å²) < 4.78 is 24.6. The van der Waals surface area contributed by atoms with Crippen LogP contribution in [0.2, 0.25) is 0 Å². The van der Waals surface area contributed by atoms with Crippen molar-refractivity contribution in [1.29, 1.82) is 0 Å². The van der Waals surface area contributed by atoms with Crippen LogP contribution < -0.4 is 5.32 Å². The Hall–Kier alpha value is -1.34. The molecule has 0 bridgehead atoms. The van der Waals surface area contributed by atoms with Gasteiger partial charge in [-0.15, -0.1) is 0 Å². The summed E-state index contributed by atoms with van der Waals surface area (Å²) in [6.07, 6.45) is 1.57. The van der Waals surface area contributed by atoms with E-state index < -0.39 is 5.76 Å². The van der Waals surface area contributed by atoms with Crippen molar-refractivity contribution in [3.63, 3.8) is 0 Å². The number of carbonyl (C=O) groups excluding carboxylic acids is 1. The van der Waals surface area contributed by atoms with E-state index in [1.165, 1.54) is 6.07 Å². The van der Waals surface area contributed by atoms with Gasteiger partial charge in [0.1, 0.15) is 0 Å². The average Bonchev–Trinajstić information content (AvgIpc) is 2.47. The fraction of sp³-hybridized carbons (Fsp3) is 0.500. The minimum atomic E-state index is -2.48. The second kappa shape index (κ2) is 7.61. The molecular formula is C14H18F2N2O2S. The summed E-state index contributed by atoms with van der Waals surface area (Å²) in [6.45, 7) is 1.35. The highest BCUT2D eigenvalue weighted by molar-refractivity contribution is 7.99. The molecule has 1 fully saturated rings. The second-order valence-electron chi connectivity index (χ2n) is 4.95. The Kier molecular flexibility index (Phi) is 5.81. The topological polar surface area (TPSA) is 52.6 Å². The molecule has 0 aromatic heterocycles. The van der Waals surface area contributed by atoms with Crippen molar-refractivity contribution >= 4 is 23.5 Å². The number of urea groups is 1. The number of nitrogens with one attached hydrogen (secondary N) is 1. The summed E-state index contributed by atoms with van der Waals surface area (Å²) in [5.74, 6) is -2.21. The lowest BCUT2D eigenvalue weighted by molar-refractivity contribution is 0.143. The zero-order valence-electron chi connectivity index (χ0n) is 11.5. The molecule has 1 aliphatic heterocycles. The number of aliphatic hydroxyl groups is 1. The van der Waals surface area contributed by atoms with E-state index in [2.05, 4.69) is 5.32 Å². The van der Waals surface area contributed by atoms with Gasteiger partial charge in [-0.2, -0.15) is 8.78 Å². The van der Waals surface area contributed by atoms with Crippen molar-refractivity contribution in [3.8, 4) is 0 Å². The predicted molar refractivity (Wildman–Crippen MR) is 78.7 cm³/mol. The number of nitrogens with zero attached hydrogens (tertiary/aromatic N) is 1. The monoisotopic (exact) mass is 316 g/mol. The molecule has 2 rings (SSSR count). The number of thioether (sulfide) groups is 1. The van der Waals surface area contributed by atoms with Crippen LogP contribution >= 0.6 is 11.8 Å². The van der Waals surface area contributed by atoms with Crippen LogP contribution in [0.1, 0.15) is 12.8 Å². The Bertz CT molecular complexity index is 480. The van der Waals surface area contributed by atoms with E-state index in [0.29, 0.717) is 35.4 Å². The maximum Gasteiger partial charge on any atom is 0.321 e. The Labute approximate surface area is 126 Å². The van der Waals surface area contributed by atoms with Gasteiger partial charge in [0.25, 0.3) is 5.76 Å². The second-order valence-corrected chi connectivity index (χ2v) is 6.01. The fourth-order valence-corrected chi connectivity index (χ4v) is 2.83. The molecule has 0 aliphatic carbocycles. The zero-order valence-corrected chi connectivity index (χ0v) is 12.3. The number of likely N-dealkylation sites (tertiary alicyclic amines) is 1. The Balaban J connectivity index is 1.90. The number of anilines is 1. The largest absolute Gasteiger partial charge is 0.396 e. The number of hydrogen-bond acceptors (Lipinski definition) is 3. The van der Waals surface area contributed by atoms with Crippen molar-refractivity contribution < 1.29 is 18.7 Å². The molecule has 1 aromatic carbocycles. The molecule has 0 atom stereocenters. The molecule has 4 nitrogen and oxygen atoms in total. The minimum Gasteiger partial charge on any atom is -0.396 e. The molecule has 7 heteroatoms. The number of rotatable bonds is 4. The molecule has 1 aromatic rings. The van der Waals surface area contributed by atoms with E-state index in [-0.39, 0.29) is 18.6 Å². The number of piperidine rings is 1. The fourth-order valence-electron chi connectivity index (χ4n) is 2.27. The normalized spacial score (nSPS) is 16.3. The molecule has 2 amide bonds. The molecule has 2 N–H and O–H groups in total. The quantitative estimate of drug-likeness (QED) is 0.839. The standard InChI is InChI=1S/C14H18F2N2O2S/c15-13(16)21-12-3-1-2-11(8-12)17-14(20)18-6-4-10(9-19)5-7-18/h1-3,8,10,13,19H,4-7,9H2,(H,17,20). The van der Waals surface area contributed by atoms with E-state index in [1.807, 2.05) is 0 Å².